The van der Waals surface area contributed by atoms with E-state index in [0.29, 0.717) is 6.54 Å². The van der Waals surface area contributed by atoms with Crippen LogP contribution in [0.3, 0.4) is 0 Å². The van der Waals surface area contributed by atoms with Crippen LogP contribution in [-0.4, -0.2) is 30.5 Å². The summed E-state index contributed by atoms with van der Waals surface area (Å²) in [7, 11) is 1.29. The zero-order chi connectivity index (χ0) is 12.7. The SMILES string of the molecule is COC(=O)[C@@H](C=NCc1ccccc1)[C@H](C)O. The first-order valence-electron chi connectivity index (χ1n) is 5.45. The van der Waals surface area contributed by atoms with Crippen LogP contribution in [0.5, 0.6) is 0 Å². The van der Waals surface area contributed by atoms with Gasteiger partial charge in [0.2, 0.25) is 0 Å². The molecule has 0 spiro atoms. The molecule has 0 bridgehead atoms. The molecule has 0 unspecified atom stereocenters. The minimum atomic E-state index is -0.804. The molecule has 2 atom stereocenters. The molecule has 1 aromatic carbocycles. The summed E-state index contributed by atoms with van der Waals surface area (Å²) in [6.45, 7) is 2.02. The van der Waals surface area contributed by atoms with Gasteiger partial charge in [-0.15, -0.1) is 0 Å². The summed E-state index contributed by atoms with van der Waals surface area (Å²) in [6.07, 6.45) is 0.644. The van der Waals surface area contributed by atoms with Crippen molar-refractivity contribution < 1.29 is 14.6 Å². The van der Waals surface area contributed by atoms with Gasteiger partial charge in [0.15, 0.2) is 0 Å². The number of carbonyl (C=O) groups is 1. The van der Waals surface area contributed by atoms with Gasteiger partial charge in [0.05, 0.1) is 19.8 Å². The van der Waals surface area contributed by atoms with Gasteiger partial charge in [-0.1, -0.05) is 30.3 Å². The van der Waals surface area contributed by atoms with E-state index >= 15 is 0 Å². The molecule has 92 valence electrons. The van der Waals surface area contributed by atoms with Crippen LogP contribution < -0.4 is 0 Å². The van der Waals surface area contributed by atoms with Crippen molar-refractivity contribution in [3.05, 3.63) is 35.9 Å². The molecule has 1 N–H and O–H groups in total. The Morgan fingerprint density at radius 3 is 2.65 bits per heavy atom. The number of carbonyl (C=O) groups excluding carboxylic acids is 1. The highest BCUT2D eigenvalue weighted by Crippen LogP contribution is 2.05. The van der Waals surface area contributed by atoms with Gasteiger partial charge in [0, 0.05) is 6.21 Å². The van der Waals surface area contributed by atoms with Crippen molar-refractivity contribution in [3.63, 3.8) is 0 Å². The van der Waals surface area contributed by atoms with Crippen molar-refractivity contribution in [3.8, 4) is 0 Å². The lowest BCUT2D eigenvalue weighted by Crippen LogP contribution is -2.28. The van der Waals surface area contributed by atoms with E-state index in [2.05, 4.69) is 9.73 Å². The first-order chi connectivity index (χ1) is 8.15. The molecule has 0 saturated carbocycles. The lowest BCUT2D eigenvalue weighted by atomic mass is 10.1. The molecule has 1 rings (SSSR count). The van der Waals surface area contributed by atoms with E-state index in [1.165, 1.54) is 20.2 Å². The Kier molecular flexibility index (Phi) is 5.36. The van der Waals surface area contributed by atoms with Crippen molar-refractivity contribution in [1.29, 1.82) is 0 Å². The fourth-order valence-corrected chi connectivity index (χ4v) is 1.37. The Balaban J connectivity index is 2.59. The highest BCUT2D eigenvalue weighted by molar-refractivity contribution is 5.90. The number of rotatable bonds is 5. The Bertz CT molecular complexity index is 374. The third-order valence-electron chi connectivity index (χ3n) is 2.38. The monoisotopic (exact) mass is 235 g/mol. The molecule has 0 aliphatic heterocycles. The molecule has 0 heterocycles. The molecule has 0 saturated heterocycles. The number of aliphatic imine (C=N–C) groups is 1. The smallest absolute Gasteiger partial charge is 0.316 e. The number of hydrogen-bond acceptors (Lipinski definition) is 4. The Hall–Kier alpha value is -1.68. The van der Waals surface area contributed by atoms with Crippen molar-refractivity contribution in [2.45, 2.75) is 19.6 Å². The van der Waals surface area contributed by atoms with E-state index < -0.39 is 18.0 Å². The van der Waals surface area contributed by atoms with Gasteiger partial charge in [-0.25, -0.2) is 0 Å². The van der Waals surface area contributed by atoms with Gasteiger partial charge < -0.3 is 9.84 Å². The maximum Gasteiger partial charge on any atom is 0.316 e. The summed E-state index contributed by atoms with van der Waals surface area (Å²) in [5.74, 6) is -1.18. The van der Waals surface area contributed by atoms with Crippen molar-refractivity contribution in [2.24, 2.45) is 10.9 Å². The van der Waals surface area contributed by atoms with E-state index in [-0.39, 0.29) is 0 Å². The maximum absolute atomic E-state index is 11.3. The Labute approximate surface area is 101 Å². The molecule has 0 fully saturated rings. The average Bonchev–Trinajstić information content (AvgIpc) is 2.34. The molecule has 0 aromatic heterocycles. The van der Waals surface area contributed by atoms with Crippen LogP contribution in [0.4, 0.5) is 0 Å². The average molecular weight is 235 g/mol. The largest absolute Gasteiger partial charge is 0.468 e. The molecule has 0 aliphatic carbocycles. The van der Waals surface area contributed by atoms with Gasteiger partial charge in [0.25, 0.3) is 0 Å². The minimum Gasteiger partial charge on any atom is -0.468 e. The quantitative estimate of drug-likeness (QED) is 0.620. The van der Waals surface area contributed by atoms with E-state index in [1.807, 2.05) is 30.3 Å². The van der Waals surface area contributed by atoms with E-state index in [0.717, 1.165) is 5.56 Å². The van der Waals surface area contributed by atoms with Crippen molar-refractivity contribution in [2.75, 3.05) is 7.11 Å². The fourth-order valence-electron chi connectivity index (χ4n) is 1.37. The summed E-state index contributed by atoms with van der Waals surface area (Å²) < 4.78 is 4.59. The van der Waals surface area contributed by atoms with Crippen molar-refractivity contribution in [1.82, 2.24) is 0 Å². The lowest BCUT2D eigenvalue weighted by Gasteiger charge is -2.12. The third-order valence-corrected chi connectivity index (χ3v) is 2.38. The predicted molar refractivity (Wildman–Crippen MR) is 65.8 cm³/mol. The van der Waals surface area contributed by atoms with Gasteiger partial charge in [-0.3, -0.25) is 9.79 Å². The zero-order valence-electron chi connectivity index (χ0n) is 10.0. The standard InChI is InChI=1S/C13H17NO3/c1-10(15)12(13(16)17-2)9-14-8-11-6-4-3-5-7-11/h3-7,9-10,12,15H,8H2,1-2H3/t10-,12-/m0/s1. The van der Waals surface area contributed by atoms with Crippen molar-refractivity contribution >= 4 is 12.2 Å². The van der Waals surface area contributed by atoms with E-state index in [4.69, 9.17) is 0 Å². The first-order valence-corrected chi connectivity index (χ1v) is 5.45. The van der Waals surface area contributed by atoms with Crippen LogP contribution in [0.25, 0.3) is 0 Å². The number of aliphatic hydroxyl groups is 1. The first kappa shape index (κ1) is 13.4. The number of esters is 1. The van der Waals surface area contributed by atoms with E-state index in [1.54, 1.807) is 0 Å². The topological polar surface area (TPSA) is 58.9 Å². The molecule has 4 heteroatoms. The van der Waals surface area contributed by atoms with Gasteiger partial charge >= 0.3 is 5.97 Å². The number of hydrogen-bond donors (Lipinski definition) is 1. The molecule has 17 heavy (non-hydrogen) atoms. The summed E-state index contributed by atoms with van der Waals surface area (Å²) in [5.41, 5.74) is 1.05. The van der Waals surface area contributed by atoms with Crippen LogP contribution in [-0.2, 0) is 16.1 Å². The fraction of sp³-hybridized carbons (Fsp3) is 0.385. The van der Waals surface area contributed by atoms with E-state index in [9.17, 15) is 9.90 Å². The maximum atomic E-state index is 11.3. The predicted octanol–water partition coefficient (Wildman–Crippen LogP) is 1.43. The molecule has 0 aliphatic rings. The third kappa shape index (κ3) is 4.36. The Morgan fingerprint density at radius 2 is 2.12 bits per heavy atom. The lowest BCUT2D eigenvalue weighted by molar-refractivity contribution is -0.145. The summed E-state index contributed by atoms with van der Waals surface area (Å²) >= 11 is 0. The highest BCUT2D eigenvalue weighted by Gasteiger charge is 2.21. The molecule has 0 radical (unpaired) electrons. The minimum absolute atomic E-state index is 0.475. The zero-order valence-corrected chi connectivity index (χ0v) is 10.0. The van der Waals surface area contributed by atoms with Gasteiger partial charge in [0.1, 0.15) is 5.92 Å². The molecular weight excluding hydrogens is 218 g/mol. The van der Waals surface area contributed by atoms with Gasteiger partial charge in [-0.2, -0.15) is 0 Å². The molecule has 0 amide bonds. The summed E-state index contributed by atoms with van der Waals surface area (Å²) in [4.78, 5) is 15.5. The van der Waals surface area contributed by atoms with Crippen LogP contribution in [0.15, 0.2) is 35.3 Å². The molecular formula is C13H17NO3. The highest BCUT2D eigenvalue weighted by atomic mass is 16.5. The number of methoxy groups -OCH3 is 1. The number of benzene rings is 1. The summed E-state index contributed by atoms with van der Waals surface area (Å²) in [5, 5.41) is 9.42. The number of nitrogens with zero attached hydrogens (tertiary/aromatic N) is 1. The van der Waals surface area contributed by atoms with Crippen LogP contribution >= 0.6 is 0 Å². The molecule has 1 aromatic rings. The van der Waals surface area contributed by atoms with Crippen LogP contribution in [0.2, 0.25) is 0 Å². The number of ether oxygens (including phenoxy) is 1. The second-order valence-electron chi connectivity index (χ2n) is 3.76. The number of aliphatic hydroxyl groups excluding tert-OH is 1. The second-order valence-corrected chi connectivity index (χ2v) is 3.76. The summed E-state index contributed by atoms with van der Waals surface area (Å²) in [6, 6.07) is 9.69. The second kappa shape index (κ2) is 6.81. The molecule has 4 nitrogen and oxygen atoms in total. The van der Waals surface area contributed by atoms with Crippen LogP contribution in [0, 0.1) is 5.92 Å². The normalized spacial score (nSPS) is 14.5. The Morgan fingerprint density at radius 1 is 1.47 bits per heavy atom. The van der Waals surface area contributed by atoms with Gasteiger partial charge in [-0.05, 0) is 12.5 Å². The van der Waals surface area contributed by atoms with Crippen LogP contribution in [0.1, 0.15) is 12.5 Å².